The second-order valence-electron chi connectivity index (χ2n) is 6.04. The fourth-order valence-corrected chi connectivity index (χ4v) is 4.39. The molecule has 0 saturated carbocycles. The predicted molar refractivity (Wildman–Crippen MR) is 91.6 cm³/mol. The Kier molecular flexibility index (Phi) is 4.81. The molecule has 7 heteroatoms. The van der Waals surface area contributed by atoms with E-state index in [0.29, 0.717) is 5.69 Å². The van der Waals surface area contributed by atoms with E-state index >= 15 is 0 Å². The number of nitrogens with one attached hydrogen (secondary N) is 1. The molecule has 1 aromatic carbocycles. The van der Waals surface area contributed by atoms with Crippen molar-refractivity contribution >= 4 is 33.0 Å². The molecular weight excluding hydrogens is 334 g/mol. The molecule has 0 atom stereocenters. The summed E-state index contributed by atoms with van der Waals surface area (Å²) in [4.78, 5) is 11.6. The zero-order valence-electron chi connectivity index (χ0n) is 13.4. The van der Waals surface area contributed by atoms with Gasteiger partial charge < -0.3 is 4.74 Å². The number of benzene rings is 1. The van der Waals surface area contributed by atoms with Crippen LogP contribution in [0.15, 0.2) is 40.6 Å². The number of thiophene rings is 1. The van der Waals surface area contributed by atoms with E-state index in [4.69, 9.17) is 0 Å². The molecule has 0 unspecified atom stereocenters. The SMILES string of the molecule is COC(=O)c1sccc1S(=O)(=O)Nc1ccc(C(C)(C)C)cc1. The van der Waals surface area contributed by atoms with E-state index in [0.717, 1.165) is 16.9 Å². The van der Waals surface area contributed by atoms with Gasteiger partial charge in [0.2, 0.25) is 0 Å². The normalized spacial score (nSPS) is 12.0. The van der Waals surface area contributed by atoms with Crippen molar-refractivity contribution in [1.29, 1.82) is 0 Å². The first kappa shape index (κ1) is 17.5. The van der Waals surface area contributed by atoms with Gasteiger partial charge >= 0.3 is 5.97 Å². The van der Waals surface area contributed by atoms with Gasteiger partial charge in [0, 0.05) is 5.69 Å². The molecule has 0 spiro atoms. The molecule has 0 aliphatic rings. The summed E-state index contributed by atoms with van der Waals surface area (Å²) in [7, 11) is -2.63. The summed E-state index contributed by atoms with van der Waals surface area (Å²) in [5, 5.41) is 1.55. The summed E-state index contributed by atoms with van der Waals surface area (Å²) in [5.74, 6) is -0.663. The minimum Gasteiger partial charge on any atom is -0.465 e. The topological polar surface area (TPSA) is 72.5 Å². The summed E-state index contributed by atoms with van der Waals surface area (Å²) in [6.45, 7) is 6.25. The highest BCUT2D eigenvalue weighted by molar-refractivity contribution is 7.93. The summed E-state index contributed by atoms with van der Waals surface area (Å²) in [6, 6.07) is 8.58. The maximum atomic E-state index is 12.5. The molecule has 0 fully saturated rings. The van der Waals surface area contributed by atoms with Gasteiger partial charge in [-0.3, -0.25) is 4.72 Å². The number of carbonyl (C=O) groups is 1. The van der Waals surface area contributed by atoms with Gasteiger partial charge in [0.25, 0.3) is 10.0 Å². The smallest absolute Gasteiger partial charge is 0.349 e. The van der Waals surface area contributed by atoms with Crippen molar-refractivity contribution in [1.82, 2.24) is 0 Å². The number of ether oxygens (including phenoxy) is 1. The first-order valence-electron chi connectivity index (χ1n) is 6.94. The number of hydrogen-bond acceptors (Lipinski definition) is 5. The second kappa shape index (κ2) is 6.33. The number of hydrogen-bond donors (Lipinski definition) is 1. The van der Waals surface area contributed by atoms with Gasteiger partial charge in [-0.15, -0.1) is 11.3 Å². The van der Waals surface area contributed by atoms with Gasteiger partial charge in [0.05, 0.1) is 7.11 Å². The van der Waals surface area contributed by atoms with Gasteiger partial charge in [-0.1, -0.05) is 32.9 Å². The van der Waals surface area contributed by atoms with Crippen LogP contribution in [0.1, 0.15) is 36.0 Å². The average molecular weight is 353 g/mol. The molecule has 0 amide bonds. The fourth-order valence-electron chi connectivity index (χ4n) is 2.00. The van der Waals surface area contributed by atoms with Gasteiger partial charge in [-0.2, -0.15) is 0 Å². The first-order valence-corrected chi connectivity index (χ1v) is 9.30. The van der Waals surface area contributed by atoms with Crippen molar-refractivity contribution in [3.63, 3.8) is 0 Å². The Morgan fingerprint density at radius 2 is 1.74 bits per heavy atom. The van der Waals surface area contributed by atoms with Crippen LogP contribution in [0.25, 0.3) is 0 Å². The Labute approximate surface area is 140 Å². The minimum atomic E-state index is -3.84. The summed E-state index contributed by atoms with van der Waals surface area (Å²) >= 11 is 1.03. The van der Waals surface area contributed by atoms with E-state index in [1.54, 1.807) is 17.5 Å². The third-order valence-corrected chi connectivity index (χ3v) is 5.74. The molecule has 0 aliphatic heterocycles. The Hall–Kier alpha value is -1.86. The van der Waals surface area contributed by atoms with E-state index in [2.05, 4.69) is 30.2 Å². The standard InChI is InChI=1S/C16H19NO4S2/c1-16(2,3)11-5-7-12(8-6-11)17-23(19,20)13-9-10-22-14(13)15(18)21-4/h5-10,17H,1-4H3. The van der Waals surface area contributed by atoms with Gasteiger partial charge in [0.1, 0.15) is 9.77 Å². The number of methoxy groups -OCH3 is 1. The van der Waals surface area contributed by atoms with Crippen LogP contribution in [0.5, 0.6) is 0 Å². The lowest BCUT2D eigenvalue weighted by Gasteiger charge is -2.19. The van der Waals surface area contributed by atoms with Crippen molar-refractivity contribution in [2.24, 2.45) is 0 Å². The highest BCUT2D eigenvalue weighted by atomic mass is 32.2. The lowest BCUT2D eigenvalue weighted by Crippen LogP contribution is -2.16. The number of esters is 1. The van der Waals surface area contributed by atoms with Gasteiger partial charge in [0.15, 0.2) is 0 Å². The maximum absolute atomic E-state index is 12.5. The molecule has 1 aromatic heterocycles. The molecule has 124 valence electrons. The molecule has 5 nitrogen and oxygen atoms in total. The molecule has 2 aromatic rings. The summed E-state index contributed by atoms with van der Waals surface area (Å²) in [5.41, 5.74) is 1.54. The molecule has 2 rings (SSSR count). The highest BCUT2D eigenvalue weighted by Gasteiger charge is 2.25. The van der Waals surface area contributed by atoms with Gasteiger partial charge in [-0.05, 0) is 34.6 Å². The van der Waals surface area contributed by atoms with Crippen LogP contribution >= 0.6 is 11.3 Å². The Balaban J connectivity index is 2.29. The van der Waals surface area contributed by atoms with Crippen LogP contribution in [0, 0.1) is 0 Å². The van der Waals surface area contributed by atoms with E-state index in [1.807, 2.05) is 12.1 Å². The van der Waals surface area contributed by atoms with Crippen molar-refractivity contribution in [2.45, 2.75) is 31.1 Å². The molecule has 0 bridgehead atoms. The van der Waals surface area contributed by atoms with E-state index in [9.17, 15) is 13.2 Å². The van der Waals surface area contributed by atoms with Crippen molar-refractivity contribution in [3.8, 4) is 0 Å². The van der Waals surface area contributed by atoms with Crippen molar-refractivity contribution in [3.05, 3.63) is 46.2 Å². The third kappa shape index (κ3) is 3.92. The van der Waals surface area contributed by atoms with E-state index < -0.39 is 16.0 Å². The van der Waals surface area contributed by atoms with Crippen LogP contribution in [-0.2, 0) is 20.2 Å². The molecule has 0 radical (unpaired) electrons. The average Bonchev–Trinajstić information content (AvgIpc) is 2.96. The zero-order chi connectivity index (χ0) is 17.3. The van der Waals surface area contributed by atoms with Crippen LogP contribution in [0.4, 0.5) is 5.69 Å². The third-order valence-electron chi connectivity index (χ3n) is 3.29. The predicted octanol–water partition coefficient (Wildman–Crippen LogP) is 3.63. The quantitative estimate of drug-likeness (QED) is 0.852. The largest absolute Gasteiger partial charge is 0.465 e. The molecule has 1 N–H and O–H groups in total. The summed E-state index contributed by atoms with van der Waals surface area (Å²) < 4.78 is 32.0. The molecule has 23 heavy (non-hydrogen) atoms. The highest BCUT2D eigenvalue weighted by Crippen LogP contribution is 2.27. The number of rotatable bonds is 4. The van der Waals surface area contributed by atoms with Crippen LogP contribution in [0.3, 0.4) is 0 Å². The van der Waals surface area contributed by atoms with E-state index in [-0.39, 0.29) is 15.2 Å². The fraction of sp³-hybridized carbons (Fsp3) is 0.312. The monoisotopic (exact) mass is 353 g/mol. The molecule has 1 heterocycles. The number of anilines is 1. The lowest BCUT2D eigenvalue weighted by molar-refractivity contribution is 0.0602. The van der Waals surface area contributed by atoms with Crippen LogP contribution < -0.4 is 4.72 Å². The number of carbonyl (C=O) groups excluding carboxylic acids is 1. The first-order chi connectivity index (χ1) is 10.6. The maximum Gasteiger partial charge on any atom is 0.349 e. The Morgan fingerprint density at radius 1 is 1.13 bits per heavy atom. The van der Waals surface area contributed by atoms with Crippen LogP contribution in [0.2, 0.25) is 0 Å². The second-order valence-corrected chi connectivity index (χ2v) is 8.61. The Morgan fingerprint density at radius 3 is 2.26 bits per heavy atom. The van der Waals surface area contributed by atoms with Gasteiger partial charge in [-0.25, -0.2) is 13.2 Å². The Bertz CT molecular complexity index is 799. The summed E-state index contributed by atoms with van der Waals surface area (Å²) in [6.07, 6.45) is 0. The molecule has 0 saturated heterocycles. The zero-order valence-corrected chi connectivity index (χ0v) is 15.0. The number of sulfonamides is 1. The minimum absolute atomic E-state index is 0.0111. The molecule has 0 aliphatic carbocycles. The lowest BCUT2D eigenvalue weighted by atomic mass is 9.87. The molecular formula is C16H19NO4S2. The van der Waals surface area contributed by atoms with Crippen molar-refractivity contribution < 1.29 is 17.9 Å². The van der Waals surface area contributed by atoms with E-state index in [1.165, 1.54) is 13.2 Å². The van der Waals surface area contributed by atoms with Crippen molar-refractivity contribution in [2.75, 3.05) is 11.8 Å². The van der Waals surface area contributed by atoms with Crippen LogP contribution in [-0.4, -0.2) is 21.5 Å².